The molecule has 3 heteroatoms. The van der Waals surface area contributed by atoms with E-state index in [-0.39, 0.29) is 0 Å². The molecule has 0 aliphatic heterocycles. The Morgan fingerprint density at radius 2 is 1.68 bits per heavy atom. The fraction of sp³-hybridized carbons (Fsp3) is 0.625. The molecule has 104 valence electrons. The fourth-order valence-electron chi connectivity index (χ4n) is 3.56. The summed E-state index contributed by atoms with van der Waals surface area (Å²) in [5.41, 5.74) is 0.371. The van der Waals surface area contributed by atoms with E-state index in [9.17, 15) is 0 Å². The third kappa shape index (κ3) is 2.67. The summed E-state index contributed by atoms with van der Waals surface area (Å²) in [4.78, 5) is 0.635. The van der Waals surface area contributed by atoms with Crippen molar-refractivity contribution in [1.82, 2.24) is 0 Å². The maximum Gasteiger partial charge on any atom is 0.119 e. The van der Waals surface area contributed by atoms with Gasteiger partial charge in [-0.15, -0.1) is 0 Å². The average molecular weight is 344 g/mol. The second-order valence-corrected chi connectivity index (χ2v) is 7.45. The van der Waals surface area contributed by atoms with Crippen molar-refractivity contribution in [2.45, 2.75) is 55.9 Å². The van der Waals surface area contributed by atoms with E-state index in [0.29, 0.717) is 16.3 Å². The largest absolute Gasteiger partial charge is 0.490 e. The minimum absolute atomic E-state index is 0.371. The minimum atomic E-state index is 0.371. The molecule has 2 saturated carbocycles. The van der Waals surface area contributed by atoms with Gasteiger partial charge in [0.2, 0.25) is 0 Å². The van der Waals surface area contributed by atoms with E-state index in [1.54, 1.807) is 0 Å². The van der Waals surface area contributed by atoms with Crippen LogP contribution in [-0.2, 0) is 0 Å². The fourth-order valence-corrected chi connectivity index (χ4v) is 4.78. The summed E-state index contributed by atoms with van der Waals surface area (Å²) in [7, 11) is 0. The van der Waals surface area contributed by atoms with Gasteiger partial charge in [0.1, 0.15) is 11.9 Å². The van der Waals surface area contributed by atoms with Crippen molar-refractivity contribution in [3.05, 3.63) is 29.3 Å². The van der Waals surface area contributed by atoms with Gasteiger partial charge < -0.3 is 4.74 Å². The molecule has 0 saturated heterocycles. The minimum Gasteiger partial charge on any atom is -0.490 e. The lowest BCUT2D eigenvalue weighted by molar-refractivity contribution is -0.0461. The van der Waals surface area contributed by atoms with E-state index in [1.165, 1.54) is 38.5 Å². The summed E-state index contributed by atoms with van der Waals surface area (Å²) in [6.07, 6.45) is 9.58. The summed E-state index contributed by atoms with van der Waals surface area (Å²) in [5, 5.41) is 0.767. The Hall–Kier alpha value is -0.210. The molecule has 2 fully saturated rings. The number of halogens is 2. The van der Waals surface area contributed by atoms with Gasteiger partial charge in [-0.25, -0.2) is 0 Å². The van der Waals surface area contributed by atoms with Gasteiger partial charge in [0.05, 0.1) is 0 Å². The number of ether oxygens (including phenoxy) is 1. The van der Waals surface area contributed by atoms with Crippen molar-refractivity contribution >= 4 is 27.5 Å². The molecule has 1 spiro atoms. The van der Waals surface area contributed by atoms with Crippen molar-refractivity contribution in [3.8, 4) is 5.75 Å². The molecule has 0 bridgehead atoms. The quantitative estimate of drug-likeness (QED) is 0.635. The van der Waals surface area contributed by atoms with E-state index in [4.69, 9.17) is 16.3 Å². The molecule has 2 aliphatic carbocycles. The Balaban J connectivity index is 1.72. The molecule has 2 unspecified atom stereocenters. The van der Waals surface area contributed by atoms with Crippen molar-refractivity contribution in [1.29, 1.82) is 0 Å². The maximum absolute atomic E-state index is 6.24. The van der Waals surface area contributed by atoms with Crippen LogP contribution in [0.15, 0.2) is 24.3 Å². The van der Waals surface area contributed by atoms with Crippen LogP contribution in [0.2, 0.25) is 5.02 Å². The second-order valence-electron chi connectivity index (χ2n) is 5.91. The molecule has 2 aliphatic rings. The summed E-state index contributed by atoms with van der Waals surface area (Å²) in [6.45, 7) is 0. The first-order chi connectivity index (χ1) is 9.21. The lowest BCUT2D eigenvalue weighted by Gasteiger charge is -2.53. The predicted molar refractivity (Wildman–Crippen MR) is 83.3 cm³/mol. The molecule has 0 heterocycles. The number of alkyl halides is 1. The van der Waals surface area contributed by atoms with Crippen LogP contribution in [0.1, 0.15) is 44.9 Å². The Morgan fingerprint density at radius 3 is 2.26 bits per heavy atom. The summed E-state index contributed by atoms with van der Waals surface area (Å²) < 4.78 is 6.24. The van der Waals surface area contributed by atoms with Crippen molar-refractivity contribution in [3.63, 3.8) is 0 Å². The molecular formula is C16H20BrClO. The first-order valence-electron chi connectivity index (χ1n) is 7.27. The molecule has 3 rings (SSSR count). The Morgan fingerprint density at radius 1 is 1.05 bits per heavy atom. The van der Waals surface area contributed by atoms with Crippen LogP contribution in [0.4, 0.5) is 0 Å². The van der Waals surface area contributed by atoms with Crippen LogP contribution in [-0.4, -0.2) is 10.9 Å². The monoisotopic (exact) mass is 342 g/mol. The molecule has 0 aromatic heterocycles. The number of hydrogen-bond donors (Lipinski definition) is 0. The molecule has 2 atom stereocenters. The molecule has 1 aromatic rings. The van der Waals surface area contributed by atoms with Crippen LogP contribution >= 0.6 is 27.5 Å². The zero-order chi connectivity index (χ0) is 13.3. The number of benzene rings is 1. The first-order valence-corrected chi connectivity index (χ1v) is 8.56. The Bertz CT molecular complexity index is 423. The third-order valence-electron chi connectivity index (χ3n) is 4.81. The SMILES string of the molecule is Clc1ccc(OC2CC(Br)C23CCCCCC3)cc1. The third-order valence-corrected chi connectivity index (χ3v) is 6.35. The van der Waals surface area contributed by atoms with Crippen LogP contribution < -0.4 is 4.74 Å². The van der Waals surface area contributed by atoms with E-state index < -0.39 is 0 Å². The lowest BCUT2D eigenvalue weighted by Crippen LogP contribution is -2.56. The van der Waals surface area contributed by atoms with Crippen LogP contribution in [0, 0.1) is 5.41 Å². The highest BCUT2D eigenvalue weighted by Crippen LogP contribution is 2.55. The topological polar surface area (TPSA) is 9.23 Å². The zero-order valence-electron chi connectivity index (χ0n) is 11.1. The standard InChI is InChI=1S/C16H20BrClO/c17-14-11-15(16(14)9-3-1-2-4-10-16)19-13-7-5-12(18)6-8-13/h5-8,14-15H,1-4,9-11H2. The maximum atomic E-state index is 6.24. The van der Waals surface area contributed by atoms with E-state index in [0.717, 1.165) is 17.2 Å². The normalized spacial score (nSPS) is 29.6. The molecule has 1 aromatic carbocycles. The van der Waals surface area contributed by atoms with Gasteiger partial charge in [0, 0.05) is 15.3 Å². The first kappa shape index (κ1) is 13.8. The zero-order valence-corrected chi connectivity index (χ0v) is 13.4. The summed E-state index contributed by atoms with van der Waals surface area (Å²) in [5.74, 6) is 0.956. The van der Waals surface area contributed by atoms with E-state index >= 15 is 0 Å². The lowest BCUT2D eigenvalue weighted by atomic mass is 9.61. The van der Waals surface area contributed by atoms with Gasteiger partial charge in [-0.1, -0.05) is 53.2 Å². The van der Waals surface area contributed by atoms with Gasteiger partial charge in [-0.2, -0.15) is 0 Å². The Labute approximate surface area is 128 Å². The molecule has 19 heavy (non-hydrogen) atoms. The molecule has 0 radical (unpaired) electrons. The summed E-state index contributed by atoms with van der Waals surface area (Å²) in [6, 6.07) is 7.77. The predicted octanol–water partition coefficient (Wildman–Crippen LogP) is 5.60. The highest BCUT2D eigenvalue weighted by Gasteiger charge is 2.54. The van der Waals surface area contributed by atoms with Crippen molar-refractivity contribution in [2.24, 2.45) is 5.41 Å². The van der Waals surface area contributed by atoms with Crippen LogP contribution in [0.25, 0.3) is 0 Å². The number of hydrogen-bond acceptors (Lipinski definition) is 1. The highest BCUT2D eigenvalue weighted by molar-refractivity contribution is 9.09. The van der Waals surface area contributed by atoms with E-state index in [1.807, 2.05) is 24.3 Å². The Kier molecular flexibility index (Phi) is 4.09. The smallest absolute Gasteiger partial charge is 0.119 e. The molecular weight excluding hydrogens is 324 g/mol. The van der Waals surface area contributed by atoms with Crippen LogP contribution in [0.3, 0.4) is 0 Å². The van der Waals surface area contributed by atoms with E-state index in [2.05, 4.69) is 15.9 Å². The van der Waals surface area contributed by atoms with Gasteiger partial charge in [-0.05, 0) is 43.5 Å². The second kappa shape index (κ2) is 5.65. The highest BCUT2D eigenvalue weighted by atomic mass is 79.9. The molecule has 1 nitrogen and oxygen atoms in total. The van der Waals surface area contributed by atoms with Gasteiger partial charge in [0.25, 0.3) is 0 Å². The average Bonchev–Trinajstić information content (AvgIpc) is 2.68. The van der Waals surface area contributed by atoms with Gasteiger partial charge >= 0.3 is 0 Å². The number of rotatable bonds is 2. The van der Waals surface area contributed by atoms with Crippen LogP contribution in [0.5, 0.6) is 5.75 Å². The van der Waals surface area contributed by atoms with Crippen molar-refractivity contribution in [2.75, 3.05) is 0 Å². The summed E-state index contributed by atoms with van der Waals surface area (Å²) >= 11 is 9.80. The van der Waals surface area contributed by atoms with Gasteiger partial charge in [-0.3, -0.25) is 0 Å². The molecule has 0 N–H and O–H groups in total. The van der Waals surface area contributed by atoms with Crippen molar-refractivity contribution < 1.29 is 4.74 Å². The molecule has 0 amide bonds. The van der Waals surface area contributed by atoms with Gasteiger partial charge in [0.15, 0.2) is 0 Å².